The van der Waals surface area contributed by atoms with Crippen molar-refractivity contribution in [3.8, 4) is 0 Å². The molecule has 0 aromatic rings. The topological polar surface area (TPSA) is 72.6 Å². The molecule has 1 fully saturated rings. The van der Waals surface area contributed by atoms with Crippen LogP contribution < -0.4 is 5.73 Å². The molecule has 0 atom stereocenters. The van der Waals surface area contributed by atoms with Crippen molar-refractivity contribution in [1.29, 1.82) is 0 Å². The maximum Gasteiger partial charge on any atom is 0.219 e. The summed E-state index contributed by atoms with van der Waals surface area (Å²) in [7, 11) is 0. The average molecular weight is 187 g/mol. The first-order valence-electron chi connectivity index (χ1n) is 4.76. The Hall–Kier alpha value is -0.610. The van der Waals surface area contributed by atoms with Gasteiger partial charge in [0.05, 0.1) is 18.8 Å². The van der Waals surface area contributed by atoms with E-state index < -0.39 is 0 Å². The first-order chi connectivity index (χ1) is 6.18. The highest BCUT2D eigenvalue weighted by Gasteiger charge is 2.19. The molecule has 4 nitrogen and oxygen atoms in total. The van der Waals surface area contributed by atoms with Gasteiger partial charge in [-0.05, 0) is 25.7 Å². The van der Waals surface area contributed by atoms with Gasteiger partial charge in [0.25, 0.3) is 0 Å². The van der Waals surface area contributed by atoms with Gasteiger partial charge in [-0.1, -0.05) is 0 Å². The maximum absolute atomic E-state index is 10.4. The summed E-state index contributed by atoms with van der Waals surface area (Å²) < 4.78 is 5.43. The van der Waals surface area contributed by atoms with Crippen LogP contribution in [-0.2, 0) is 9.53 Å². The Morgan fingerprint density at radius 1 is 1.38 bits per heavy atom. The smallest absolute Gasteiger partial charge is 0.219 e. The molecule has 13 heavy (non-hydrogen) atoms. The normalized spacial score (nSPS) is 28.7. The van der Waals surface area contributed by atoms with Crippen LogP contribution in [0.25, 0.3) is 0 Å². The molecule has 0 bridgehead atoms. The predicted octanol–water partition coefficient (Wildman–Crippen LogP) is 0.182. The van der Waals surface area contributed by atoms with E-state index in [9.17, 15) is 9.90 Å². The second-order valence-electron chi connectivity index (χ2n) is 3.52. The zero-order valence-corrected chi connectivity index (χ0v) is 7.74. The monoisotopic (exact) mass is 187 g/mol. The van der Waals surface area contributed by atoms with Crippen LogP contribution in [0.5, 0.6) is 0 Å². The van der Waals surface area contributed by atoms with Crippen molar-refractivity contribution in [2.45, 2.75) is 44.3 Å². The summed E-state index contributed by atoms with van der Waals surface area (Å²) in [4.78, 5) is 10.4. The van der Waals surface area contributed by atoms with Crippen LogP contribution in [0.4, 0.5) is 0 Å². The van der Waals surface area contributed by atoms with Gasteiger partial charge < -0.3 is 15.6 Å². The number of aliphatic hydroxyl groups is 1. The lowest BCUT2D eigenvalue weighted by Crippen LogP contribution is -2.25. The van der Waals surface area contributed by atoms with Gasteiger partial charge >= 0.3 is 0 Å². The van der Waals surface area contributed by atoms with Crippen molar-refractivity contribution in [2.75, 3.05) is 6.61 Å². The average Bonchev–Trinajstić information content (AvgIpc) is 2.08. The summed E-state index contributed by atoms with van der Waals surface area (Å²) in [6.07, 6.45) is 3.74. The van der Waals surface area contributed by atoms with Crippen molar-refractivity contribution >= 4 is 5.91 Å². The molecule has 0 spiro atoms. The molecule has 0 heterocycles. The third-order valence-corrected chi connectivity index (χ3v) is 2.35. The van der Waals surface area contributed by atoms with Crippen molar-refractivity contribution in [1.82, 2.24) is 0 Å². The quantitative estimate of drug-likeness (QED) is 0.659. The van der Waals surface area contributed by atoms with E-state index in [2.05, 4.69) is 0 Å². The van der Waals surface area contributed by atoms with E-state index in [4.69, 9.17) is 10.5 Å². The largest absolute Gasteiger partial charge is 0.393 e. The first-order valence-corrected chi connectivity index (χ1v) is 4.76. The Balaban J connectivity index is 2.05. The summed E-state index contributed by atoms with van der Waals surface area (Å²) in [6.45, 7) is 0.413. The summed E-state index contributed by atoms with van der Waals surface area (Å²) in [5, 5.41) is 9.21. The second-order valence-corrected chi connectivity index (χ2v) is 3.52. The molecule has 0 aromatic heterocycles. The summed E-state index contributed by atoms with van der Waals surface area (Å²) in [5.41, 5.74) is 4.97. The lowest BCUT2D eigenvalue weighted by Gasteiger charge is -2.25. The fraction of sp³-hybridized carbons (Fsp3) is 0.889. The Bertz CT molecular complexity index is 164. The zero-order valence-electron chi connectivity index (χ0n) is 7.74. The van der Waals surface area contributed by atoms with Crippen LogP contribution in [0.1, 0.15) is 32.1 Å². The Morgan fingerprint density at radius 3 is 2.54 bits per heavy atom. The molecule has 4 heteroatoms. The molecular formula is C9H17NO3. The number of primary amides is 1. The summed E-state index contributed by atoms with van der Waals surface area (Å²) in [5.74, 6) is -0.323. The van der Waals surface area contributed by atoms with Crippen LogP contribution in [0.15, 0.2) is 0 Å². The number of hydrogen-bond donors (Lipinski definition) is 2. The Kier molecular flexibility index (Phi) is 4.18. The minimum atomic E-state index is -0.323. The molecule has 76 valence electrons. The fourth-order valence-corrected chi connectivity index (χ4v) is 1.54. The van der Waals surface area contributed by atoms with E-state index in [1.165, 1.54) is 0 Å². The zero-order chi connectivity index (χ0) is 9.68. The molecule has 1 aliphatic rings. The van der Waals surface area contributed by atoms with Crippen LogP contribution in [0, 0.1) is 0 Å². The SMILES string of the molecule is NC(=O)CCOC1CCC(O)CC1. The lowest BCUT2D eigenvalue weighted by molar-refractivity contribution is -0.119. The molecule has 0 radical (unpaired) electrons. The van der Waals surface area contributed by atoms with Gasteiger partial charge in [-0.25, -0.2) is 0 Å². The Morgan fingerprint density at radius 2 is 2.00 bits per heavy atom. The number of ether oxygens (including phenoxy) is 1. The van der Waals surface area contributed by atoms with E-state index in [1.807, 2.05) is 0 Å². The minimum Gasteiger partial charge on any atom is -0.393 e. The number of rotatable bonds is 4. The predicted molar refractivity (Wildman–Crippen MR) is 48.0 cm³/mol. The molecule has 0 saturated heterocycles. The molecular weight excluding hydrogens is 170 g/mol. The van der Waals surface area contributed by atoms with E-state index >= 15 is 0 Å². The maximum atomic E-state index is 10.4. The molecule has 0 aliphatic heterocycles. The number of nitrogens with two attached hydrogens (primary N) is 1. The number of aliphatic hydroxyl groups excluding tert-OH is 1. The van der Waals surface area contributed by atoms with E-state index in [1.54, 1.807) is 0 Å². The second kappa shape index (κ2) is 5.19. The van der Waals surface area contributed by atoms with Gasteiger partial charge in [-0.3, -0.25) is 4.79 Å². The highest BCUT2D eigenvalue weighted by Crippen LogP contribution is 2.20. The Labute approximate surface area is 78.1 Å². The number of amides is 1. The molecule has 0 unspecified atom stereocenters. The molecule has 0 aromatic carbocycles. The molecule has 1 rings (SSSR count). The number of hydrogen-bond acceptors (Lipinski definition) is 3. The highest BCUT2D eigenvalue weighted by atomic mass is 16.5. The minimum absolute atomic E-state index is 0.156. The first kappa shape index (κ1) is 10.5. The van der Waals surface area contributed by atoms with Crippen LogP contribution >= 0.6 is 0 Å². The van der Waals surface area contributed by atoms with Crippen molar-refractivity contribution in [3.63, 3.8) is 0 Å². The van der Waals surface area contributed by atoms with Crippen molar-refractivity contribution in [2.24, 2.45) is 5.73 Å². The number of carbonyl (C=O) groups excluding carboxylic acids is 1. The van der Waals surface area contributed by atoms with Gasteiger partial charge in [-0.15, -0.1) is 0 Å². The van der Waals surface area contributed by atoms with Gasteiger partial charge in [0.1, 0.15) is 0 Å². The fourth-order valence-electron chi connectivity index (χ4n) is 1.54. The molecule has 3 N–H and O–H groups in total. The van der Waals surface area contributed by atoms with E-state index in [0.29, 0.717) is 13.0 Å². The van der Waals surface area contributed by atoms with Crippen molar-refractivity contribution < 1.29 is 14.6 Å². The summed E-state index contributed by atoms with van der Waals surface area (Å²) in [6, 6.07) is 0. The number of carbonyl (C=O) groups is 1. The van der Waals surface area contributed by atoms with Crippen LogP contribution in [-0.4, -0.2) is 29.8 Å². The third kappa shape index (κ3) is 4.24. The van der Waals surface area contributed by atoms with Gasteiger partial charge in [0.15, 0.2) is 0 Å². The third-order valence-electron chi connectivity index (χ3n) is 2.35. The molecule has 1 aliphatic carbocycles. The van der Waals surface area contributed by atoms with Gasteiger partial charge in [0.2, 0.25) is 5.91 Å². The standard InChI is InChI=1S/C9H17NO3/c10-9(12)5-6-13-8-3-1-7(11)2-4-8/h7-8,11H,1-6H2,(H2,10,12). The van der Waals surface area contributed by atoms with Crippen molar-refractivity contribution in [3.05, 3.63) is 0 Å². The summed E-state index contributed by atoms with van der Waals surface area (Å²) >= 11 is 0. The molecule has 1 amide bonds. The van der Waals surface area contributed by atoms with E-state index in [0.717, 1.165) is 25.7 Å². The lowest BCUT2D eigenvalue weighted by atomic mass is 9.95. The van der Waals surface area contributed by atoms with Crippen LogP contribution in [0.2, 0.25) is 0 Å². The van der Waals surface area contributed by atoms with E-state index in [-0.39, 0.29) is 18.1 Å². The van der Waals surface area contributed by atoms with Gasteiger partial charge in [0, 0.05) is 6.42 Å². The van der Waals surface area contributed by atoms with Gasteiger partial charge in [-0.2, -0.15) is 0 Å². The molecule has 1 saturated carbocycles. The highest BCUT2D eigenvalue weighted by molar-refractivity contribution is 5.73. The van der Waals surface area contributed by atoms with Crippen LogP contribution in [0.3, 0.4) is 0 Å².